The average molecular weight is 463 g/mol. The van der Waals surface area contributed by atoms with Crippen LogP contribution in [-0.4, -0.2) is 23.3 Å². The summed E-state index contributed by atoms with van der Waals surface area (Å²) in [6.07, 6.45) is -6.58. The second kappa shape index (κ2) is 8.05. The Morgan fingerprint density at radius 3 is 2.03 bits per heavy atom. The van der Waals surface area contributed by atoms with Crippen molar-refractivity contribution in [2.45, 2.75) is 31.7 Å². The zero-order valence-electron chi connectivity index (χ0n) is 14.4. The quantitative estimate of drug-likeness (QED) is 0.452. The topological polar surface area (TPSA) is 38.0 Å². The van der Waals surface area contributed by atoms with Crippen LogP contribution < -0.4 is 0 Å². The van der Waals surface area contributed by atoms with Crippen molar-refractivity contribution in [2.75, 3.05) is 6.61 Å². The van der Waals surface area contributed by atoms with E-state index >= 15 is 0 Å². The van der Waals surface area contributed by atoms with E-state index in [1.54, 1.807) is 0 Å². The van der Waals surface area contributed by atoms with Crippen LogP contribution in [0.25, 0.3) is 11.3 Å². The number of halogens is 9. The number of alkyl halides is 7. The molecule has 1 aromatic heterocycles. The molecule has 0 atom stereocenters. The lowest BCUT2D eigenvalue weighted by molar-refractivity contribution is -0.361. The fourth-order valence-corrected chi connectivity index (χ4v) is 3.02. The molecule has 0 amide bonds. The van der Waals surface area contributed by atoms with Gasteiger partial charge >= 0.3 is 18.0 Å². The minimum absolute atomic E-state index is 0.0323. The van der Waals surface area contributed by atoms with Gasteiger partial charge in [-0.3, -0.25) is 0 Å². The van der Waals surface area contributed by atoms with Crippen molar-refractivity contribution in [1.82, 2.24) is 4.57 Å². The van der Waals surface area contributed by atoms with E-state index in [4.69, 9.17) is 27.9 Å². The third-order valence-electron chi connectivity index (χ3n) is 3.91. The van der Waals surface area contributed by atoms with Crippen molar-refractivity contribution in [2.24, 2.45) is 0 Å². The Morgan fingerprint density at radius 1 is 1.03 bits per heavy atom. The van der Waals surface area contributed by atoms with Gasteiger partial charge in [0.1, 0.15) is 18.5 Å². The monoisotopic (exact) mass is 462 g/mol. The molecule has 158 valence electrons. The molecule has 1 aromatic carbocycles. The number of aromatic nitrogens is 1. The van der Waals surface area contributed by atoms with E-state index in [1.165, 1.54) is 37.3 Å². The number of nitrogens with zero attached hydrogens (tertiary/aromatic N) is 2. The molecular formula is C17H11Cl2F7N2O. The molecule has 0 aliphatic heterocycles. The lowest BCUT2D eigenvalue weighted by Crippen LogP contribution is -2.51. The molecule has 2 rings (SSSR count). The molecule has 0 saturated heterocycles. The summed E-state index contributed by atoms with van der Waals surface area (Å²) in [5.41, 5.74) is -2.96. The van der Waals surface area contributed by atoms with Gasteiger partial charge in [0.05, 0.1) is 16.3 Å². The molecule has 0 saturated carbocycles. The molecule has 0 N–H and O–H groups in total. The minimum atomic E-state index is -6.58. The van der Waals surface area contributed by atoms with Crippen LogP contribution in [0.2, 0.25) is 10.0 Å². The summed E-state index contributed by atoms with van der Waals surface area (Å²) < 4.78 is 99.8. The summed E-state index contributed by atoms with van der Waals surface area (Å²) in [6, 6.07) is 6.63. The summed E-state index contributed by atoms with van der Waals surface area (Å²) in [7, 11) is 0. The number of hydrogen-bond acceptors (Lipinski definition) is 2. The highest BCUT2D eigenvalue weighted by Crippen LogP contribution is 2.55. The Balaban J connectivity index is 2.89. The maximum Gasteiger partial charge on any atom is 0.460 e. The largest absolute Gasteiger partial charge is 0.460 e. The van der Waals surface area contributed by atoms with Crippen LogP contribution in [0.15, 0.2) is 24.3 Å². The average Bonchev–Trinajstić information content (AvgIpc) is 2.91. The molecule has 0 fully saturated rings. The summed E-state index contributed by atoms with van der Waals surface area (Å²) in [4.78, 5) is 0. The Hall–Kier alpha value is -1.96. The van der Waals surface area contributed by atoms with Crippen LogP contribution in [0.4, 0.5) is 30.7 Å². The summed E-state index contributed by atoms with van der Waals surface area (Å²) in [5.74, 6) is -12.3. The van der Waals surface area contributed by atoms with Crippen LogP contribution in [0.5, 0.6) is 0 Å². The van der Waals surface area contributed by atoms with E-state index in [-0.39, 0.29) is 17.2 Å². The van der Waals surface area contributed by atoms with E-state index < -0.39 is 46.7 Å². The maximum absolute atomic E-state index is 14.5. The number of benzene rings is 1. The zero-order valence-corrected chi connectivity index (χ0v) is 15.9. The molecule has 0 radical (unpaired) electrons. The van der Waals surface area contributed by atoms with Crippen LogP contribution >= 0.6 is 23.2 Å². The summed E-state index contributed by atoms with van der Waals surface area (Å²) >= 11 is 11.5. The lowest BCUT2D eigenvalue weighted by Gasteiger charge is -2.29. The molecule has 12 heteroatoms. The lowest BCUT2D eigenvalue weighted by atomic mass is 10.1. The van der Waals surface area contributed by atoms with Crippen molar-refractivity contribution in [3.05, 3.63) is 45.6 Å². The SMILES string of the molecule is CCOCn1c(-c2ccc(Cl)cc2)c(C#N)c(Cl)c1C(F)(F)C(F)(F)C(F)(F)F. The highest BCUT2D eigenvalue weighted by atomic mass is 35.5. The van der Waals surface area contributed by atoms with Crippen molar-refractivity contribution >= 4 is 23.2 Å². The minimum Gasteiger partial charge on any atom is -0.361 e. The van der Waals surface area contributed by atoms with Crippen LogP contribution in [0.3, 0.4) is 0 Å². The molecule has 0 spiro atoms. The first-order chi connectivity index (χ1) is 13.3. The number of ether oxygens (including phenoxy) is 1. The van der Waals surface area contributed by atoms with Crippen LogP contribution in [-0.2, 0) is 17.4 Å². The highest BCUT2D eigenvalue weighted by molar-refractivity contribution is 6.33. The van der Waals surface area contributed by atoms with Gasteiger partial charge in [-0.05, 0) is 24.6 Å². The van der Waals surface area contributed by atoms with Gasteiger partial charge in [0.2, 0.25) is 0 Å². The molecule has 0 aliphatic rings. The highest BCUT2D eigenvalue weighted by Gasteiger charge is 2.75. The van der Waals surface area contributed by atoms with Gasteiger partial charge in [0.15, 0.2) is 0 Å². The van der Waals surface area contributed by atoms with Gasteiger partial charge in [-0.25, -0.2) is 0 Å². The van der Waals surface area contributed by atoms with Crippen molar-refractivity contribution in [3.63, 3.8) is 0 Å². The zero-order chi connectivity index (χ0) is 22.2. The van der Waals surface area contributed by atoms with Crippen LogP contribution in [0, 0.1) is 11.3 Å². The molecular weight excluding hydrogens is 452 g/mol. The Bertz CT molecular complexity index is 931. The fourth-order valence-electron chi connectivity index (χ4n) is 2.54. The van der Waals surface area contributed by atoms with Gasteiger partial charge in [0.25, 0.3) is 0 Å². The number of rotatable bonds is 6. The van der Waals surface area contributed by atoms with Gasteiger partial charge in [-0.15, -0.1) is 0 Å². The number of nitriles is 1. The second-order valence-corrected chi connectivity index (χ2v) is 6.52. The van der Waals surface area contributed by atoms with Crippen molar-refractivity contribution in [1.29, 1.82) is 5.26 Å². The van der Waals surface area contributed by atoms with E-state index in [0.717, 1.165) is 0 Å². The van der Waals surface area contributed by atoms with Crippen molar-refractivity contribution < 1.29 is 35.5 Å². The Kier molecular flexibility index (Phi) is 6.47. The third-order valence-corrected chi connectivity index (χ3v) is 4.53. The van der Waals surface area contributed by atoms with E-state index in [9.17, 15) is 36.0 Å². The smallest absolute Gasteiger partial charge is 0.361 e. The first-order valence-electron chi connectivity index (χ1n) is 7.79. The second-order valence-electron chi connectivity index (χ2n) is 5.70. The van der Waals surface area contributed by atoms with Gasteiger partial charge in [-0.1, -0.05) is 35.3 Å². The Morgan fingerprint density at radius 2 is 1.59 bits per heavy atom. The molecule has 0 bridgehead atoms. The van der Waals surface area contributed by atoms with E-state index in [1.807, 2.05) is 0 Å². The normalized spacial score (nSPS) is 12.9. The number of hydrogen-bond donors (Lipinski definition) is 0. The molecule has 0 unspecified atom stereocenters. The predicted molar refractivity (Wildman–Crippen MR) is 91.1 cm³/mol. The maximum atomic E-state index is 14.5. The fraction of sp³-hybridized carbons (Fsp3) is 0.353. The van der Waals surface area contributed by atoms with Gasteiger partial charge < -0.3 is 9.30 Å². The molecule has 3 nitrogen and oxygen atoms in total. The molecule has 1 heterocycles. The summed E-state index contributed by atoms with van der Waals surface area (Å²) in [5, 5.41) is 8.34. The predicted octanol–water partition coefficient (Wildman–Crippen LogP) is 6.62. The third kappa shape index (κ3) is 3.91. The molecule has 0 aliphatic carbocycles. The first kappa shape index (κ1) is 23.3. The molecule has 29 heavy (non-hydrogen) atoms. The van der Waals surface area contributed by atoms with E-state index in [0.29, 0.717) is 4.57 Å². The molecule has 2 aromatic rings. The van der Waals surface area contributed by atoms with E-state index in [2.05, 4.69) is 0 Å². The summed E-state index contributed by atoms with van der Waals surface area (Å²) in [6.45, 7) is 0.507. The first-order valence-corrected chi connectivity index (χ1v) is 8.55. The van der Waals surface area contributed by atoms with Gasteiger partial charge in [-0.2, -0.15) is 36.0 Å². The van der Waals surface area contributed by atoms with Gasteiger partial charge in [0, 0.05) is 11.6 Å². The van der Waals surface area contributed by atoms with Crippen LogP contribution in [0.1, 0.15) is 18.2 Å². The standard InChI is InChI=1S/C17H11Cl2F7N2O/c1-2-29-8-28-13(9-3-5-10(18)6-4-9)11(7-27)12(19)14(28)15(20,21)16(22,23)17(24,25)26/h3-6H,2,8H2,1H3. The van der Waals surface area contributed by atoms with Crippen molar-refractivity contribution in [3.8, 4) is 17.3 Å². The Labute approximate surface area is 170 Å².